The van der Waals surface area contributed by atoms with Crippen LogP contribution >= 0.6 is 0 Å². The number of aryl methyl sites for hydroxylation is 1. The van der Waals surface area contributed by atoms with Crippen LogP contribution in [0.3, 0.4) is 0 Å². The topological polar surface area (TPSA) is 0 Å². The van der Waals surface area contributed by atoms with Gasteiger partial charge in [0.2, 0.25) is 0 Å². The monoisotopic (exact) mass is 585 g/mol. The largest absolute Gasteiger partial charge is 1.00 e. The van der Waals surface area contributed by atoms with E-state index in [0.29, 0.717) is 5.92 Å². The molecule has 4 rings (SSSR count). The molecule has 180 valence electrons. The van der Waals surface area contributed by atoms with Gasteiger partial charge in [-0.05, 0) is 34.7 Å². The van der Waals surface area contributed by atoms with Crippen molar-refractivity contribution >= 4 is 27.0 Å². The van der Waals surface area contributed by atoms with Gasteiger partial charge in [-0.3, -0.25) is 0 Å². The Balaban J connectivity index is 0.000000895. The van der Waals surface area contributed by atoms with Crippen molar-refractivity contribution in [1.82, 2.24) is 0 Å². The van der Waals surface area contributed by atoms with Crippen LogP contribution in [0.4, 0.5) is 0 Å². The third-order valence-corrected chi connectivity index (χ3v) is 5.95. The number of unbranched alkanes of at least 4 members (excludes halogenated alkanes) is 3. The van der Waals surface area contributed by atoms with E-state index in [1.165, 1.54) is 75.9 Å². The number of fused-ring (bicyclic) bond motifs is 2. The van der Waals surface area contributed by atoms with Crippen molar-refractivity contribution in [2.45, 2.75) is 71.9 Å². The summed E-state index contributed by atoms with van der Waals surface area (Å²) in [5, 5.41) is 5.43. The summed E-state index contributed by atoms with van der Waals surface area (Å²) in [6.45, 7) is 11.5. The van der Waals surface area contributed by atoms with Crippen molar-refractivity contribution < 1.29 is 48.1 Å². The Kier molecular flexibility index (Phi) is 14.1. The Morgan fingerprint density at radius 2 is 1.53 bits per heavy atom. The van der Waals surface area contributed by atoms with Crippen LogP contribution < -0.4 is 24.8 Å². The van der Waals surface area contributed by atoms with E-state index in [1.807, 2.05) is 0 Å². The minimum atomic E-state index is 0. The van der Waals surface area contributed by atoms with Crippen LogP contribution in [-0.2, 0) is 29.8 Å². The molecule has 0 saturated carbocycles. The quantitative estimate of drug-likeness (QED) is 0.177. The fourth-order valence-electron chi connectivity index (χ4n) is 4.24. The molecule has 4 aromatic carbocycles. The van der Waals surface area contributed by atoms with Crippen molar-refractivity contribution in [3.05, 3.63) is 77.9 Å². The Morgan fingerprint density at radius 3 is 2.18 bits per heavy atom. The van der Waals surface area contributed by atoms with Crippen molar-refractivity contribution in [3.63, 3.8) is 0 Å². The number of hydrogen-bond donors (Lipinski definition) is 0. The third kappa shape index (κ3) is 8.70. The van der Waals surface area contributed by atoms with Gasteiger partial charge in [-0.2, -0.15) is 6.07 Å². The zero-order valence-corrected chi connectivity index (χ0v) is 26.2. The first-order chi connectivity index (χ1) is 15.4. The predicted molar refractivity (Wildman–Crippen MR) is 142 cm³/mol. The van der Waals surface area contributed by atoms with Gasteiger partial charge in [0.1, 0.15) is 0 Å². The average molecular weight is 588 g/mol. The Bertz CT molecular complexity index is 1190. The molecule has 0 bridgehead atoms. The molecule has 0 unspecified atom stereocenters. The second-order valence-corrected chi connectivity index (χ2v) is 18.8. The molecule has 4 aromatic rings. The summed E-state index contributed by atoms with van der Waals surface area (Å²) in [7, 11) is 0. The van der Waals surface area contributed by atoms with Gasteiger partial charge in [-0.1, -0.05) is 100 Å². The van der Waals surface area contributed by atoms with E-state index in [0.717, 1.165) is 0 Å². The summed E-state index contributed by atoms with van der Waals surface area (Å²) >= 11 is 1.74. The Hall–Kier alpha value is -0.790. The molecule has 0 aliphatic heterocycles. The van der Waals surface area contributed by atoms with Crippen LogP contribution in [0.1, 0.15) is 63.5 Å². The van der Waals surface area contributed by atoms with E-state index < -0.39 is 0 Å². The van der Waals surface area contributed by atoms with E-state index in [-0.39, 0.29) is 30.2 Å². The minimum Gasteiger partial charge on any atom is -1.00 e. The number of halogens is 2. The smallest absolute Gasteiger partial charge is 1.00 e. The van der Waals surface area contributed by atoms with Crippen molar-refractivity contribution in [2.24, 2.45) is 0 Å². The zero-order chi connectivity index (χ0) is 23.1. The fourth-order valence-corrected chi connectivity index (χ4v) is 4.24. The van der Waals surface area contributed by atoms with Crippen molar-refractivity contribution in [1.29, 1.82) is 0 Å². The Labute approximate surface area is 234 Å². The fraction of sp³-hybridized carbons (Fsp3) is 0.367. The SMILES string of the molecule is CCCCCCc1cc2c(-c3ccc4ccccc4c3)cc(C(C)C)cc2[cH-]1.C[Si](C)=[Zr+2].[Cl-].[Cl-]. The molecule has 4 heteroatoms. The van der Waals surface area contributed by atoms with Crippen molar-refractivity contribution in [2.75, 3.05) is 0 Å². The first-order valence-electron chi connectivity index (χ1n) is 12.1. The molecule has 0 spiro atoms. The second-order valence-electron chi connectivity index (χ2n) is 9.46. The molecule has 0 atom stereocenters. The van der Waals surface area contributed by atoms with E-state index in [9.17, 15) is 0 Å². The molecule has 0 fully saturated rings. The van der Waals surface area contributed by atoms with Crippen LogP contribution in [0.15, 0.2) is 66.7 Å². The average Bonchev–Trinajstić information content (AvgIpc) is 3.18. The van der Waals surface area contributed by atoms with Gasteiger partial charge < -0.3 is 24.8 Å². The van der Waals surface area contributed by atoms with Gasteiger partial charge in [0.25, 0.3) is 0 Å². The first-order valence-corrected chi connectivity index (χ1v) is 18.3. The summed E-state index contributed by atoms with van der Waals surface area (Å²) in [6.07, 6.45) is 6.48. The van der Waals surface area contributed by atoms with Gasteiger partial charge in [0, 0.05) is 0 Å². The van der Waals surface area contributed by atoms with Crippen molar-refractivity contribution in [3.8, 4) is 11.1 Å². The molecule has 0 saturated heterocycles. The van der Waals surface area contributed by atoms with E-state index in [4.69, 9.17) is 0 Å². The second kappa shape index (κ2) is 15.4. The molecule has 0 aliphatic carbocycles. The summed E-state index contributed by atoms with van der Waals surface area (Å²) in [6, 6.07) is 25.2. The van der Waals surface area contributed by atoms with Crippen LogP contribution in [0.2, 0.25) is 13.1 Å². The van der Waals surface area contributed by atoms with Gasteiger partial charge in [0.05, 0.1) is 0 Å². The molecule has 0 aliphatic rings. The predicted octanol–water partition coefficient (Wildman–Crippen LogP) is 3.42. The Morgan fingerprint density at radius 1 is 0.853 bits per heavy atom. The molecule has 0 nitrogen and oxygen atoms in total. The third-order valence-electron chi connectivity index (χ3n) is 5.95. The summed E-state index contributed by atoms with van der Waals surface area (Å²) in [4.78, 5) is 0. The van der Waals surface area contributed by atoms with E-state index >= 15 is 0 Å². The molecule has 0 amide bonds. The van der Waals surface area contributed by atoms with Crippen LogP contribution in [0.25, 0.3) is 32.7 Å². The van der Waals surface area contributed by atoms with Crippen LogP contribution in [-0.4, -0.2) is 5.43 Å². The summed E-state index contributed by atoms with van der Waals surface area (Å²) < 4.78 is 0. The molecule has 0 N–H and O–H groups in total. The molecular weight excluding hydrogens is 551 g/mol. The van der Waals surface area contributed by atoms with E-state index in [2.05, 4.69) is 101 Å². The number of hydrogen-bond acceptors (Lipinski definition) is 0. The van der Waals surface area contributed by atoms with E-state index in [1.54, 1.807) is 23.3 Å². The standard InChI is InChI=1S/C28H31.C2H6Si.2ClH.Zr/c1-4-5-6-7-10-21-15-26-18-25(20(2)3)19-28(27(26)16-21)24-14-13-22-11-8-9-12-23(22)17-24;1-3-2;;;/h8-9,11-20H,4-7,10H2,1-3H3;1-2H3;2*1H;/q-1;;;;+2/p-2. The molecule has 0 radical (unpaired) electrons. The maximum Gasteiger partial charge on any atom is -1.00 e. The number of rotatable bonds is 7. The van der Waals surface area contributed by atoms with Crippen LogP contribution in [0.5, 0.6) is 0 Å². The maximum absolute atomic E-state index is 2.44. The molecule has 0 aromatic heterocycles. The molecular formula is C30H37Cl2SiZr-. The molecule has 0 heterocycles. The van der Waals surface area contributed by atoms with Gasteiger partial charge in [-0.15, -0.1) is 28.5 Å². The number of benzene rings is 3. The van der Waals surface area contributed by atoms with Gasteiger partial charge >= 0.3 is 41.9 Å². The normalized spacial score (nSPS) is 10.5. The first kappa shape index (κ1) is 31.2. The summed E-state index contributed by atoms with van der Waals surface area (Å²) in [5.41, 5.74) is 5.84. The van der Waals surface area contributed by atoms with Gasteiger partial charge in [0.15, 0.2) is 0 Å². The van der Waals surface area contributed by atoms with Gasteiger partial charge in [-0.25, -0.2) is 0 Å². The summed E-state index contributed by atoms with van der Waals surface area (Å²) in [5.74, 6) is 0.534. The maximum atomic E-state index is 2.44. The zero-order valence-electron chi connectivity index (χ0n) is 21.2. The minimum absolute atomic E-state index is 0. The van der Waals surface area contributed by atoms with Crippen LogP contribution in [0, 0.1) is 0 Å². The molecule has 34 heavy (non-hydrogen) atoms.